The number of rotatable bonds is 12. The standard InChI is InChI=1S/C25H33F3N4O6/c26-25(27,28)38-18-8-6-17(7-9-18)37-14-21(33)31-20(12-15-4-2-1-3-5-15)24(36)32-19(22(29)34)13-16-10-11-30-23(16)35/h6-9,15-16,19-20H,1-5,10-14H2,(H2,29,34)(H,30,35)(H,31,33)(H,32,36)/t16-,19-,20-/m0/s1. The van der Waals surface area contributed by atoms with Crippen LogP contribution in [0.5, 0.6) is 11.5 Å². The van der Waals surface area contributed by atoms with Gasteiger partial charge in [0.2, 0.25) is 17.7 Å². The normalized spacial score (nSPS) is 19.7. The third kappa shape index (κ3) is 9.42. The minimum atomic E-state index is -4.83. The molecule has 0 unspecified atom stereocenters. The van der Waals surface area contributed by atoms with Crippen LogP contribution in [0.25, 0.3) is 0 Å². The highest BCUT2D eigenvalue weighted by molar-refractivity contribution is 5.92. The predicted octanol–water partition coefficient (Wildman–Crippen LogP) is 1.92. The van der Waals surface area contributed by atoms with Gasteiger partial charge in [0.1, 0.15) is 23.6 Å². The van der Waals surface area contributed by atoms with Gasteiger partial charge in [-0.25, -0.2) is 0 Å². The quantitative estimate of drug-likeness (QED) is 0.317. The number of carbonyl (C=O) groups excluding carboxylic acids is 4. The van der Waals surface area contributed by atoms with Crippen LogP contribution >= 0.6 is 0 Å². The number of hydrogen-bond acceptors (Lipinski definition) is 6. The van der Waals surface area contributed by atoms with E-state index in [0.717, 1.165) is 44.2 Å². The zero-order valence-electron chi connectivity index (χ0n) is 20.9. The molecule has 5 N–H and O–H groups in total. The largest absolute Gasteiger partial charge is 0.573 e. The molecule has 13 heteroatoms. The van der Waals surface area contributed by atoms with Crippen LogP contribution in [0.4, 0.5) is 13.2 Å². The maximum absolute atomic E-state index is 13.2. The van der Waals surface area contributed by atoms with E-state index in [2.05, 4.69) is 20.7 Å². The maximum atomic E-state index is 13.2. The van der Waals surface area contributed by atoms with Crippen molar-refractivity contribution in [3.8, 4) is 11.5 Å². The zero-order valence-corrected chi connectivity index (χ0v) is 20.9. The SMILES string of the molecule is NC(=O)[C@H](C[C@@H]1CCNC1=O)NC(=O)[C@H](CC1CCCCC1)NC(=O)COc1ccc(OC(F)(F)F)cc1. The lowest BCUT2D eigenvalue weighted by Gasteiger charge is -2.28. The number of amides is 4. The van der Waals surface area contributed by atoms with Gasteiger partial charge in [-0.2, -0.15) is 0 Å². The Balaban J connectivity index is 1.59. The molecule has 210 valence electrons. The van der Waals surface area contributed by atoms with Gasteiger partial charge in [-0.1, -0.05) is 32.1 Å². The van der Waals surface area contributed by atoms with Crippen molar-refractivity contribution < 1.29 is 41.8 Å². The van der Waals surface area contributed by atoms with Crippen LogP contribution in [0.1, 0.15) is 51.4 Å². The van der Waals surface area contributed by atoms with E-state index in [1.165, 1.54) is 12.1 Å². The van der Waals surface area contributed by atoms with Crippen LogP contribution < -0.4 is 31.2 Å². The average Bonchev–Trinajstić information content (AvgIpc) is 3.26. The highest BCUT2D eigenvalue weighted by atomic mass is 19.4. The van der Waals surface area contributed by atoms with Gasteiger partial charge >= 0.3 is 6.36 Å². The Morgan fingerprint density at radius 3 is 2.21 bits per heavy atom. The molecule has 4 amide bonds. The lowest BCUT2D eigenvalue weighted by atomic mass is 9.84. The molecule has 1 saturated carbocycles. The molecule has 38 heavy (non-hydrogen) atoms. The third-order valence-electron chi connectivity index (χ3n) is 6.72. The summed E-state index contributed by atoms with van der Waals surface area (Å²) < 4.78 is 46.1. The first-order valence-corrected chi connectivity index (χ1v) is 12.7. The second-order valence-electron chi connectivity index (χ2n) is 9.64. The van der Waals surface area contributed by atoms with Crippen LogP contribution in [0.15, 0.2) is 24.3 Å². The third-order valence-corrected chi connectivity index (χ3v) is 6.72. The number of halogens is 3. The number of nitrogens with one attached hydrogen (secondary N) is 3. The van der Waals surface area contributed by atoms with Crippen molar-refractivity contribution in [2.45, 2.75) is 69.8 Å². The van der Waals surface area contributed by atoms with Crippen molar-refractivity contribution in [1.82, 2.24) is 16.0 Å². The van der Waals surface area contributed by atoms with Gasteiger partial charge in [-0.05, 0) is 49.4 Å². The number of carbonyl (C=O) groups is 4. The van der Waals surface area contributed by atoms with Crippen molar-refractivity contribution >= 4 is 23.6 Å². The van der Waals surface area contributed by atoms with E-state index in [9.17, 15) is 32.3 Å². The molecular formula is C25H33F3N4O6. The molecule has 1 saturated heterocycles. The Morgan fingerprint density at radius 2 is 1.63 bits per heavy atom. The summed E-state index contributed by atoms with van der Waals surface area (Å²) in [5.74, 6) is -2.73. The molecule has 0 spiro atoms. The summed E-state index contributed by atoms with van der Waals surface area (Å²) in [5, 5.41) is 7.92. The molecule has 0 radical (unpaired) electrons. The summed E-state index contributed by atoms with van der Waals surface area (Å²) in [4.78, 5) is 49.7. The van der Waals surface area contributed by atoms with E-state index in [-0.39, 0.29) is 24.0 Å². The minimum absolute atomic E-state index is 0.0637. The molecule has 1 heterocycles. The van der Waals surface area contributed by atoms with E-state index < -0.39 is 54.4 Å². The molecule has 1 aromatic carbocycles. The molecule has 3 rings (SSSR count). The number of primary amides is 1. The Labute approximate surface area is 218 Å². The Kier molecular flexibility index (Phi) is 10.2. The number of nitrogens with two attached hydrogens (primary N) is 1. The van der Waals surface area contributed by atoms with Crippen molar-refractivity contribution in [3.05, 3.63) is 24.3 Å². The fourth-order valence-corrected chi connectivity index (χ4v) is 4.78. The van der Waals surface area contributed by atoms with Crippen LogP contribution in [0.2, 0.25) is 0 Å². The van der Waals surface area contributed by atoms with Gasteiger partial charge < -0.3 is 31.2 Å². The van der Waals surface area contributed by atoms with Crippen molar-refractivity contribution in [2.75, 3.05) is 13.2 Å². The van der Waals surface area contributed by atoms with E-state index in [4.69, 9.17) is 10.5 Å². The zero-order chi connectivity index (χ0) is 27.7. The first kappa shape index (κ1) is 29.1. The van der Waals surface area contributed by atoms with Crippen molar-refractivity contribution in [3.63, 3.8) is 0 Å². The van der Waals surface area contributed by atoms with E-state index in [1.807, 2.05) is 0 Å². The maximum Gasteiger partial charge on any atom is 0.573 e. The van der Waals surface area contributed by atoms with Gasteiger partial charge in [0.15, 0.2) is 6.61 Å². The van der Waals surface area contributed by atoms with E-state index >= 15 is 0 Å². The second kappa shape index (κ2) is 13.3. The molecule has 2 aliphatic rings. The van der Waals surface area contributed by atoms with Crippen LogP contribution in [0, 0.1) is 11.8 Å². The van der Waals surface area contributed by atoms with Gasteiger partial charge in [-0.15, -0.1) is 13.2 Å². The lowest BCUT2D eigenvalue weighted by Crippen LogP contribution is -2.54. The summed E-state index contributed by atoms with van der Waals surface area (Å²) in [6.45, 7) is -0.00319. The highest BCUT2D eigenvalue weighted by Gasteiger charge is 2.33. The first-order valence-electron chi connectivity index (χ1n) is 12.7. The smallest absolute Gasteiger partial charge is 0.484 e. The summed E-state index contributed by atoms with van der Waals surface area (Å²) in [6.07, 6.45) is 1.08. The lowest BCUT2D eigenvalue weighted by molar-refractivity contribution is -0.274. The molecular weight excluding hydrogens is 509 g/mol. The molecule has 3 atom stereocenters. The molecule has 0 aromatic heterocycles. The summed E-state index contributed by atoms with van der Waals surface area (Å²) in [7, 11) is 0. The molecule has 1 aromatic rings. The fraction of sp³-hybridized carbons (Fsp3) is 0.600. The summed E-state index contributed by atoms with van der Waals surface area (Å²) >= 11 is 0. The molecule has 1 aliphatic carbocycles. The number of hydrogen-bond donors (Lipinski definition) is 4. The van der Waals surface area contributed by atoms with Crippen LogP contribution in [0.3, 0.4) is 0 Å². The van der Waals surface area contributed by atoms with E-state index in [1.54, 1.807) is 0 Å². The minimum Gasteiger partial charge on any atom is -0.484 e. The molecule has 10 nitrogen and oxygen atoms in total. The van der Waals surface area contributed by atoms with Crippen molar-refractivity contribution in [1.29, 1.82) is 0 Å². The average molecular weight is 543 g/mol. The number of ether oxygens (including phenoxy) is 2. The first-order chi connectivity index (χ1) is 18.0. The number of alkyl halides is 3. The van der Waals surface area contributed by atoms with Gasteiger partial charge in [0.25, 0.3) is 5.91 Å². The summed E-state index contributed by atoms with van der Waals surface area (Å²) in [6, 6.07) is 2.50. The summed E-state index contributed by atoms with van der Waals surface area (Å²) in [5.41, 5.74) is 5.49. The van der Waals surface area contributed by atoms with E-state index in [0.29, 0.717) is 19.4 Å². The van der Waals surface area contributed by atoms with Gasteiger partial charge in [0, 0.05) is 12.5 Å². The second-order valence-corrected chi connectivity index (χ2v) is 9.64. The van der Waals surface area contributed by atoms with Crippen LogP contribution in [-0.2, 0) is 19.2 Å². The predicted molar refractivity (Wildman–Crippen MR) is 129 cm³/mol. The van der Waals surface area contributed by atoms with Crippen LogP contribution in [-0.4, -0.2) is 55.2 Å². The monoisotopic (exact) mass is 542 g/mol. The Morgan fingerprint density at radius 1 is 0.974 bits per heavy atom. The highest BCUT2D eigenvalue weighted by Crippen LogP contribution is 2.28. The van der Waals surface area contributed by atoms with Crippen molar-refractivity contribution in [2.24, 2.45) is 17.6 Å². The van der Waals surface area contributed by atoms with Gasteiger partial charge in [-0.3, -0.25) is 19.2 Å². The van der Waals surface area contributed by atoms with Gasteiger partial charge in [0.05, 0.1) is 0 Å². The fourth-order valence-electron chi connectivity index (χ4n) is 4.78. The molecule has 0 bridgehead atoms. The Bertz CT molecular complexity index is 982. The number of benzene rings is 1. The Hall–Kier alpha value is -3.51. The topological polar surface area (TPSA) is 149 Å². The molecule has 1 aliphatic heterocycles. The molecule has 2 fully saturated rings.